The van der Waals surface area contributed by atoms with Crippen LogP contribution in [0.4, 0.5) is 18.9 Å². The molecule has 1 saturated carbocycles. The van der Waals surface area contributed by atoms with Gasteiger partial charge in [-0.2, -0.15) is 13.2 Å². The second-order valence-corrected chi connectivity index (χ2v) is 5.97. The molecule has 21 heavy (non-hydrogen) atoms. The normalized spacial score (nSPS) is 22.9. The molecule has 2 nitrogen and oxygen atoms in total. The number of anilines is 1. The highest BCUT2D eigenvalue weighted by Gasteiger charge is 2.43. The number of aryl methyl sites for hydroxylation is 2. The second kappa shape index (κ2) is 6.08. The Bertz CT molecular complexity index is 504. The molecule has 5 heteroatoms. The van der Waals surface area contributed by atoms with Gasteiger partial charge in [-0.05, 0) is 56.4 Å². The first-order chi connectivity index (χ1) is 9.75. The van der Waals surface area contributed by atoms with Crippen LogP contribution < -0.4 is 5.32 Å². The monoisotopic (exact) mass is 299 g/mol. The fourth-order valence-electron chi connectivity index (χ4n) is 3.02. The summed E-state index contributed by atoms with van der Waals surface area (Å²) in [5.41, 5.74) is 2.69. The Morgan fingerprint density at radius 3 is 2.33 bits per heavy atom. The number of hydrogen-bond acceptors (Lipinski definition) is 1. The third kappa shape index (κ3) is 4.22. The van der Waals surface area contributed by atoms with Crippen LogP contribution in [0.25, 0.3) is 0 Å². The fourth-order valence-corrected chi connectivity index (χ4v) is 3.02. The van der Waals surface area contributed by atoms with Crippen molar-refractivity contribution >= 4 is 11.6 Å². The van der Waals surface area contributed by atoms with Crippen LogP contribution in [0, 0.1) is 25.7 Å². The predicted molar refractivity (Wildman–Crippen MR) is 76.0 cm³/mol. The van der Waals surface area contributed by atoms with Gasteiger partial charge in [-0.15, -0.1) is 0 Å². The molecule has 0 aliphatic heterocycles. The van der Waals surface area contributed by atoms with Gasteiger partial charge in [0.15, 0.2) is 0 Å². The molecule has 2 unspecified atom stereocenters. The molecule has 0 heterocycles. The van der Waals surface area contributed by atoms with E-state index in [-0.39, 0.29) is 18.7 Å². The van der Waals surface area contributed by atoms with Gasteiger partial charge in [-0.25, -0.2) is 0 Å². The van der Waals surface area contributed by atoms with Gasteiger partial charge in [0.1, 0.15) is 0 Å². The Morgan fingerprint density at radius 2 is 1.76 bits per heavy atom. The molecule has 1 fully saturated rings. The zero-order valence-electron chi connectivity index (χ0n) is 12.3. The van der Waals surface area contributed by atoms with E-state index in [4.69, 9.17) is 0 Å². The van der Waals surface area contributed by atoms with Crippen LogP contribution >= 0.6 is 0 Å². The molecule has 0 aromatic heterocycles. The minimum Gasteiger partial charge on any atom is -0.326 e. The van der Waals surface area contributed by atoms with E-state index >= 15 is 0 Å². The third-order valence-electron chi connectivity index (χ3n) is 4.00. The van der Waals surface area contributed by atoms with Gasteiger partial charge in [0.05, 0.1) is 5.92 Å². The largest absolute Gasteiger partial charge is 0.391 e. The Hall–Kier alpha value is -1.52. The Morgan fingerprint density at radius 1 is 1.14 bits per heavy atom. The number of amides is 1. The summed E-state index contributed by atoms with van der Waals surface area (Å²) in [5, 5.41) is 2.76. The van der Waals surface area contributed by atoms with Crippen LogP contribution in [0.2, 0.25) is 0 Å². The van der Waals surface area contributed by atoms with Crippen LogP contribution in [0.3, 0.4) is 0 Å². The van der Waals surface area contributed by atoms with Crippen LogP contribution in [-0.4, -0.2) is 12.1 Å². The number of carbonyl (C=O) groups excluding carboxylic acids is 1. The van der Waals surface area contributed by atoms with Crippen molar-refractivity contribution < 1.29 is 18.0 Å². The Balaban J connectivity index is 2.03. The highest BCUT2D eigenvalue weighted by Crippen LogP contribution is 2.40. The number of hydrogen-bond donors (Lipinski definition) is 1. The van der Waals surface area contributed by atoms with Crippen LogP contribution in [0.15, 0.2) is 18.2 Å². The van der Waals surface area contributed by atoms with Crippen LogP contribution in [0.1, 0.15) is 36.8 Å². The van der Waals surface area contributed by atoms with Gasteiger partial charge in [-0.1, -0.05) is 12.5 Å². The number of alkyl halides is 3. The summed E-state index contributed by atoms with van der Waals surface area (Å²) in [7, 11) is 0. The van der Waals surface area contributed by atoms with Gasteiger partial charge >= 0.3 is 6.18 Å². The van der Waals surface area contributed by atoms with Crippen molar-refractivity contribution in [2.45, 2.75) is 45.7 Å². The van der Waals surface area contributed by atoms with E-state index in [2.05, 4.69) is 5.32 Å². The summed E-state index contributed by atoms with van der Waals surface area (Å²) in [6.45, 7) is 3.84. The average molecular weight is 299 g/mol. The van der Waals surface area contributed by atoms with Crippen molar-refractivity contribution in [3.63, 3.8) is 0 Å². The summed E-state index contributed by atoms with van der Waals surface area (Å²) < 4.78 is 38.3. The zero-order chi connectivity index (χ0) is 15.6. The first-order valence-electron chi connectivity index (χ1n) is 7.21. The summed E-state index contributed by atoms with van der Waals surface area (Å²) in [5.74, 6) is -2.19. The van der Waals surface area contributed by atoms with E-state index in [0.29, 0.717) is 18.5 Å². The lowest BCUT2D eigenvalue weighted by atomic mass is 9.80. The topological polar surface area (TPSA) is 29.1 Å². The molecule has 1 aromatic rings. The van der Waals surface area contributed by atoms with Crippen molar-refractivity contribution in [1.82, 2.24) is 0 Å². The Kier molecular flexibility index (Phi) is 4.59. The van der Waals surface area contributed by atoms with Gasteiger partial charge in [0.2, 0.25) is 5.91 Å². The predicted octanol–water partition coefficient (Wildman–Crippen LogP) is 4.61. The lowest BCUT2D eigenvalue weighted by Gasteiger charge is -2.29. The molecular weight excluding hydrogens is 279 g/mol. The van der Waals surface area contributed by atoms with E-state index in [1.165, 1.54) is 0 Å². The first-order valence-corrected chi connectivity index (χ1v) is 7.21. The number of nitrogens with one attached hydrogen (secondary N) is 1. The quantitative estimate of drug-likeness (QED) is 0.849. The summed E-state index contributed by atoms with van der Waals surface area (Å²) in [6, 6.07) is 5.64. The first kappa shape index (κ1) is 15.9. The SMILES string of the molecule is Cc1cc(C)cc(NC(=O)C2CCCC(C(F)(F)F)C2)c1. The smallest absolute Gasteiger partial charge is 0.326 e. The van der Waals surface area contributed by atoms with E-state index in [9.17, 15) is 18.0 Å². The molecule has 0 spiro atoms. The third-order valence-corrected chi connectivity index (χ3v) is 4.00. The molecule has 0 radical (unpaired) electrons. The molecule has 0 bridgehead atoms. The molecule has 1 aliphatic rings. The highest BCUT2D eigenvalue weighted by atomic mass is 19.4. The molecule has 2 rings (SSSR count). The van der Waals surface area contributed by atoms with Gasteiger partial charge in [0.25, 0.3) is 0 Å². The fraction of sp³-hybridized carbons (Fsp3) is 0.562. The molecule has 2 atom stereocenters. The highest BCUT2D eigenvalue weighted by molar-refractivity contribution is 5.92. The maximum absolute atomic E-state index is 12.8. The second-order valence-electron chi connectivity index (χ2n) is 5.97. The number of carbonyl (C=O) groups is 1. The maximum Gasteiger partial charge on any atom is 0.391 e. The van der Waals surface area contributed by atoms with E-state index in [1.54, 1.807) is 0 Å². The molecule has 1 aromatic carbocycles. The van der Waals surface area contributed by atoms with Gasteiger partial charge in [-0.3, -0.25) is 4.79 Å². The van der Waals surface area contributed by atoms with E-state index in [1.807, 2.05) is 32.0 Å². The average Bonchev–Trinajstić information content (AvgIpc) is 2.36. The molecule has 0 saturated heterocycles. The summed E-state index contributed by atoms with van der Waals surface area (Å²) in [6.07, 6.45) is -3.17. The maximum atomic E-state index is 12.8. The van der Waals surface area contributed by atoms with Crippen molar-refractivity contribution in [2.24, 2.45) is 11.8 Å². The molecule has 1 aliphatic carbocycles. The van der Waals surface area contributed by atoms with Gasteiger partial charge < -0.3 is 5.32 Å². The van der Waals surface area contributed by atoms with Crippen LogP contribution in [0.5, 0.6) is 0 Å². The standard InChI is InChI=1S/C16H20F3NO/c1-10-6-11(2)8-14(7-10)20-15(21)12-4-3-5-13(9-12)16(17,18)19/h6-8,12-13H,3-5,9H2,1-2H3,(H,20,21). The van der Waals surface area contributed by atoms with Crippen molar-refractivity contribution in [3.8, 4) is 0 Å². The lowest BCUT2D eigenvalue weighted by Crippen LogP contribution is -2.34. The van der Waals surface area contributed by atoms with Crippen molar-refractivity contribution in [1.29, 1.82) is 0 Å². The van der Waals surface area contributed by atoms with Crippen molar-refractivity contribution in [2.75, 3.05) is 5.32 Å². The molecule has 1 N–H and O–H groups in total. The zero-order valence-corrected chi connectivity index (χ0v) is 12.3. The van der Waals surface area contributed by atoms with E-state index < -0.39 is 18.0 Å². The van der Waals surface area contributed by atoms with E-state index in [0.717, 1.165) is 11.1 Å². The summed E-state index contributed by atoms with van der Waals surface area (Å²) >= 11 is 0. The number of benzene rings is 1. The van der Waals surface area contributed by atoms with Crippen LogP contribution in [-0.2, 0) is 4.79 Å². The molecular formula is C16H20F3NO. The number of rotatable bonds is 2. The number of halogens is 3. The minimum atomic E-state index is -4.20. The van der Waals surface area contributed by atoms with Crippen molar-refractivity contribution in [3.05, 3.63) is 29.3 Å². The lowest BCUT2D eigenvalue weighted by molar-refractivity contribution is -0.185. The minimum absolute atomic E-state index is 0.0971. The Labute approximate surface area is 122 Å². The molecule has 116 valence electrons. The van der Waals surface area contributed by atoms with Gasteiger partial charge in [0, 0.05) is 11.6 Å². The summed E-state index contributed by atoms with van der Waals surface area (Å²) in [4.78, 5) is 12.2. The molecule has 1 amide bonds.